The molecule has 2 aromatic carbocycles. The molecule has 5 nitrogen and oxygen atoms in total. The Labute approximate surface area is 145 Å². The molecule has 0 saturated heterocycles. The van der Waals surface area contributed by atoms with Gasteiger partial charge < -0.3 is 14.5 Å². The maximum absolute atomic E-state index is 12.4. The van der Waals surface area contributed by atoms with Crippen molar-refractivity contribution >= 4 is 16.9 Å². The van der Waals surface area contributed by atoms with Gasteiger partial charge >= 0.3 is 0 Å². The Morgan fingerprint density at radius 3 is 2.72 bits per heavy atom. The van der Waals surface area contributed by atoms with Crippen LogP contribution in [0.15, 0.2) is 53.1 Å². The zero-order chi connectivity index (χ0) is 17.8. The summed E-state index contributed by atoms with van der Waals surface area (Å²) in [5.41, 5.74) is 3.08. The number of ether oxygens (including phenoxy) is 1. The predicted molar refractivity (Wildman–Crippen MR) is 94.2 cm³/mol. The first kappa shape index (κ1) is 16.6. The summed E-state index contributed by atoms with van der Waals surface area (Å²) >= 11 is 0. The molecule has 126 valence electrons. The zero-order valence-electron chi connectivity index (χ0n) is 14.1. The van der Waals surface area contributed by atoms with Gasteiger partial charge in [-0.25, -0.2) is 0 Å². The van der Waals surface area contributed by atoms with Crippen LogP contribution in [0.3, 0.4) is 0 Å². The molecule has 0 fully saturated rings. The van der Waals surface area contributed by atoms with Crippen LogP contribution in [0.2, 0.25) is 0 Å². The van der Waals surface area contributed by atoms with E-state index in [1.807, 2.05) is 31.2 Å². The number of nitrogens with one attached hydrogen (secondary N) is 1. The Hall–Kier alpha value is -3.26. The Kier molecular flexibility index (Phi) is 4.71. The largest absolute Gasteiger partial charge is 0.497 e. The standard InChI is InChI=1S/C20H18N2O3/c1-13(15-5-3-14(11-21)4-6-15)22-20(23)9-16-12-25-19-10-17(24-2)7-8-18(16)19/h3-8,10,12-13H,9H2,1-2H3,(H,22,23). The normalized spacial score (nSPS) is 11.7. The van der Waals surface area contributed by atoms with E-state index >= 15 is 0 Å². The summed E-state index contributed by atoms with van der Waals surface area (Å²) in [4.78, 5) is 12.4. The van der Waals surface area contributed by atoms with Gasteiger partial charge in [0, 0.05) is 17.0 Å². The highest BCUT2D eigenvalue weighted by Gasteiger charge is 2.14. The summed E-state index contributed by atoms with van der Waals surface area (Å²) in [5, 5.41) is 12.7. The van der Waals surface area contributed by atoms with Gasteiger partial charge in [-0.2, -0.15) is 5.26 Å². The van der Waals surface area contributed by atoms with E-state index in [0.717, 1.165) is 16.5 Å². The molecular formula is C20H18N2O3. The molecular weight excluding hydrogens is 316 g/mol. The number of hydrogen-bond acceptors (Lipinski definition) is 4. The van der Waals surface area contributed by atoms with Crippen molar-refractivity contribution in [2.24, 2.45) is 0 Å². The SMILES string of the molecule is COc1ccc2c(CC(=O)NC(C)c3ccc(C#N)cc3)coc2c1. The molecule has 1 amide bonds. The number of nitrogens with zero attached hydrogens (tertiary/aromatic N) is 1. The molecule has 1 heterocycles. The van der Waals surface area contributed by atoms with Gasteiger partial charge in [0.05, 0.1) is 37.5 Å². The van der Waals surface area contributed by atoms with Crippen LogP contribution in [-0.2, 0) is 11.2 Å². The highest BCUT2D eigenvalue weighted by molar-refractivity contribution is 5.88. The fraction of sp³-hybridized carbons (Fsp3) is 0.200. The molecule has 3 rings (SSSR count). The van der Waals surface area contributed by atoms with Crippen molar-refractivity contribution in [3.8, 4) is 11.8 Å². The molecule has 1 unspecified atom stereocenters. The van der Waals surface area contributed by atoms with Crippen LogP contribution < -0.4 is 10.1 Å². The highest BCUT2D eigenvalue weighted by Crippen LogP contribution is 2.26. The second kappa shape index (κ2) is 7.10. The van der Waals surface area contributed by atoms with Gasteiger partial charge in [0.25, 0.3) is 0 Å². The van der Waals surface area contributed by atoms with Crippen molar-refractivity contribution in [2.45, 2.75) is 19.4 Å². The number of amides is 1. The van der Waals surface area contributed by atoms with Crippen molar-refractivity contribution in [1.29, 1.82) is 5.26 Å². The van der Waals surface area contributed by atoms with Gasteiger partial charge in [0.2, 0.25) is 5.91 Å². The lowest BCUT2D eigenvalue weighted by Gasteiger charge is -2.14. The van der Waals surface area contributed by atoms with Crippen molar-refractivity contribution in [2.75, 3.05) is 7.11 Å². The Morgan fingerprint density at radius 1 is 1.28 bits per heavy atom. The van der Waals surface area contributed by atoms with E-state index < -0.39 is 0 Å². The van der Waals surface area contributed by atoms with Crippen LogP contribution in [0.5, 0.6) is 5.75 Å². The lowest BCUT2D eigenvalue weighted by atomic mass is 10.1. The van der Waals surface area contributed by atoms with Crippen LogP contribution in [0.25, 0.3) is 11.0 Å². The number of hydrogen-bond donors (Lipinski definition) is 1. The zero-order valence-corrected chi connectivity index (χ0v) is 14.1. The first-order valence-electron chi connectivity index (χ1n) is 7.94. The van der Waals surface area contributed by atoms with E-state index in [2.05, 4.69) is 11.4 Å². The van der Waals surface area contributed by atoms with Crippen molar-refractivity contribution in [3.05, 3.63) is 65.4 Å². The van der Waals surface area contributed by atoms with Gasteiger partial charge in [-0.15, -0.1) is 0 Å². The fourth-order valence-corrected chi connectivity index (χ4v) is 2.72. The third kappa shape index (κ3) is 3.64. The lowest BCUT2D eigenvalue weighted by Crippen LogP contribution is -2.28. The van der Waals surface area contributed by atoms with Crippen molar-refractivity contribution < 1.29 is 13.9 Å². The van der Waals surface area contributed by atoms with Crippen molar-refractivity contribution in [1.82, 2.24) is 5.32 Å². The van der Waals surface area contributed by atoms with Crippen LogP contribution in [-0.4, -0.2) is 13.0 Å². The maximum atomic E-state index is 12.4. The fourth-order valence-electron chi connectivity index (χ4n) is 2.72. The molecule has 0 saturated carbocycles. The number of fused-ring (bicyclic) bond motifs is 1. The molecule has 0 aliphatic heterocycles. The third-order valence-electron chi connectivity index (χ3n) is 4.13. The maximum Gasteiger partial charge on any atom is 0.225 e. The summed E-state index contributed by atoms with van der Waals surface area (Å²) < 4.78 is 10.7. The average molecular weight is 334 g/mol. The summed E-state index contributed by atoms with van der Waals surface area (Å²) in [6.45, 7) is 1.91. The number of rotatable bonds is 5. The Bertz CT molecular complexity index is 936. The minimum Gasteiger partial charge on any atom is -0.497 e. The number of carbonyl (C=O) groups is 1. The highest BCUT2D eigenvalue weighted by atomic mass is 16.5. The molecule has 1 aromatic heterocycles. The van der Waals surface area contributed by atoms with E-state index in [1.165, 1.54) is 0 Å². The monoisotopic (exact) mass is 334 g/mol. The first-order chi connectivity index (χ1) is 12.1. The van der Waals surface area contributed by atoms with Gasteiger partial charge in [0.15, 0.2) is 0 Å². The molecule has 1 atom stereocenters. The predicted octanol–water partition coefficient (Wildman–Crippen LogP) is 3.73. The summed E-state index contributed by atoms with van der Waals surface area (Å²) in [6, 6.07) is 14.7. The second-order valence-electron chi connectivity index (χ2n) is 5.82. The number of benzene rings is 2. The molecule has 0 radical (unpaired) electrons. The third-order valence-corrected chi connectivity index (χ3v) is 4.13. The van der Waals surface area contributed by atoms with E-state index in [-0.39, 0.29) is 18.4 Å². The van der Waals surface area contributed by atoms with E-state index in [0.29, 0.717) is 16.9 Å². The molecule has 1 N–H and O–H groups in total. The molecule has 0 aliphatic carbocycles. The summed E-state index contributed by atoms with van der Waals surface area (Å²) in [5.74, 6) is 0.627. The minimum absolute atomic E-state index is 0.0876. The summed E-state index contributed by atoms with van der Waals surface area (Å²) in [7, 11) is 1.60. The molecule has 0 aliphatic rings. The number of methoxy groups -OCH3 is 1. The topological polar surface area (TPSA) is 75.3 Å². The first-order valence-corrected chi connectivity index (χ1v) is 7.94. The van der Waals surface area contributed by atoms with Crippen LogP contribution in [0.1, 0.15) is 29.7 Å². The van der Waals surface area contributed by atoms with Gasteiger partial charge in [-0.05, 0) is 36.8 Å². The van der Waals surface area contributed by atoms with E-state index in [9.17, 15) is 4.79 Å². The van der Waals surface area contributed by atoms with Crippen LogP contribution in [0.4, 0.5) is 0 Å². The Morgan fingerprint density at radius 2 is 2.04 bits per heavy atom. The number of carbonyl (C=O) groups excluding carboxylic acids is 1. The smallest absolute Gasteiger partial charge is 0.225 e. The van der Waals surface area contributed by atoms with Gasteiger partial charge in [-0.1, -0.05) is 12.1 Å². The van der Waals surface area contributed by atoms with Gasteiger partial charge in [-0.3, -0.25) is 4.79 Å². The lowest BCUT2D eigenvalue weighted by molar-refractivity contribution is -0.121. The summed E-state index contributed by atoms with van der Waals surface area (Å²) in [6.07, 6.45) is 1.84. The molecule has 0 bridgehead atoms. The quantitative estimate of drug-likeness (QED) is 0.771. The molecule has 3 aromatic rings. The van der Waals surface area contributed by atoms with Crippen molar-refractivity contribution in [3.63, 3.8) is 0 Å². The Balaban J connectivity index is 1.68. The number of furan rings is 1. The number of nitriles is 1. The molecule has 25 heavy (non-hydrogen) atoms. The van der Waals surface area contributed by atoms with E-state index in [4.69, 9.17) is 14.4 Å². The van der Waals surface area contributed by atoms with Gasteiger partial charge in [0.1, 0.15) is 11.3 Å². The van der Waals surface area contributed by atoms with Crippen LogP contribution in [0, 0.1) is 11.3 Å². The second-order valence-corrected chi connectivity index (χ2v) is 5.82. The average Bonchev–Trinajstić information content (AvgIpc) is 3.03. The molecule has 0 spiro atoms. The van der Waals surface area contributed by atoms with E-state index in [1.54, 1.807) is 31.6 Å². The minimum atomic E-state index is -0.140. The van der Waals surface area contributed by atoms with Crippen LogP contribution >= 0.6 is 0 Å². The molecule has 5 heteroatoms.